The highest BCUT2D eigenvalue weighted by Crippen LogP contribution is 2.33. The molecular weight excluding hydrogens is 290 g/mol. The predicted octanol–water partition coefficient (Wildman–Crippen LogP) is 2.41. The second kappa shape index (κ2) is 7.22. The van der Waals surface area contributed by atoms with Gasteiger partial charge in [0.15, 0.2) is 0 Å². The third-order valence-electron chi connectivity index (χ3n) is 3.41. The molecule has 21 heavy (non-hydrogen) atoms. The van der Waals surface area contributed by atoms with Crippen molar-refractivity contribution in [2.45, 2.75) is 12.5 Å². The molecule has 0 aliphatic carbocycles. The van der Waals surface area contributed by atoms with Crippen LogP contribution in [0.1, 0.15) is 6.42 Å². The lowest BCUT2D eigenvalue weighted by atomic mass is 10.2. The minimum absolute atomic E-state index is 0.110. The number of nitrogens with zero attached hydrogens (tertiary/aromatic N) is 1. The van der Waals surface area contributed by atoms with Crippen molar-refractivity contribution in [2.24, 2.45) is 0 Å². The Balaban J connectivity index is 1.97. The number of carbonyl (C=O) groups is 1. The molecule has 0 radical (unpaired) electrons. The lowest BCUT2D eigenvalue weighted by molar-refractivity contribution is 0.239. The van der Waals surface area contributed by atoms with Crippen molar-refractivity contribution in [1.29, 1.82) is 0 Å². The first-order valence-electron chi connectivity index (χ1n) is 6.87. The fourth-order valence-corrected chi connectivity index (χ4v) is 2.57. The number of rotatable bonds is 5. The van der Waals surface area contributed by atoms with E-state index in [4.69, 9.17) is 16.3 Å². The highest BCUT2D eigenvalue weighted by atomic mass is 35.5. The molecule has 0 saturated carbocycles. The molecule has 1 saturated heterocycles. The van der Waals surface area contributed by atoms with Gasteiger partial charge in [0.05, 0.1) is 12.8 Å². The van der Waals surface area contributed by atoms with Crippen molar-refractivity contribution in [3.8, 4) is 5.75 Å². The molecule has 1 heterocycles. The van der Waals surface area contributed by atoms with Crippen molar-refractivity contribution in [3.05, 3.63) is 35.9 Å². The van der Waals surface area contributed by atoms with Gasteiger partial charge >= 0.3 is 6.03 Å². The van der Waals surface area contributed by atoms with Crippen LogP contribution in [-0.4, -0.2) is 38.8 Å². The molecule has 2 N–H and O–H groups in total. The first-order valence-corrected chi connectivity index (χ1v) is 7.25. The van der Waals surface area contributed by atoms with Crippen LogP contribution in [0.2, 0.25) is 5.02 Å². The average Bonchev–Trinajstić information content (AvgIpc) is 2.93. The molecule has 1 unspecified atom stereocenters. The van der Waals surface area contributed by atoms with Crippen LogP contribution in [0.25, 0.3) is 0 Å². The molecule has 0 aromatic heterocycles. The Morgan fingerprint density at radius 2 is 2.43 bits per heavy atom. The number of nitrogens with one attached hydrogen (secondary N) is 2. The van der Waals surface area contributed by atoms with Crippen LogP contribution in [0.5, 0.6) is 5.75 Å². The SMILES string of the molecule is C=CCNC(=O)NC1CCN(c2cc(Cl)ccc2OC)C1. The van der Waals surface area contributed by atoms with E-state index in [1.54, 1.807) is 19.3 Å². The molecule has 1 atom stereocenters. The van der Waals surface area contributed by atoms with Crippen LogP contribution >= 0.6 is 11.6 Å². The third-order valence-corrected chi connectivity index (χ3v) is 3.65. The molecule has 1 aromatic carbocycles. The summed E-state index contributed by atoms with van der Waals surface area (Å²) in [6, 6.07) is 5.49. The Bertz CT molecular complexity index is 522. The van der Waals surface area contributed by atoms with E-state index >= 15 is 0 Å². The van der Waals surface area contributed by atoms with Crippen molar-refractivity contribution in [1.82, 2.24) is 10.6 Å². The summed E-state index contributed by atoms with van der Waals surface area (Å²) in [6.07, 6.45) is 2.54. The van der Waals surface area contributed by atoms with E-state index in [1.807, 2.05) is 12.1 Å². The van der Waals surface area contributed by atoms with Crippen molar-refractivity contribution in [3.63, 3.8) is 0 Å². The van der Waals surface area contributed by atoms with Gasteiger partial charge in [0.2, 0.25) is 0 Å². The van der Waals surface area contributed by atoms with Gasteiger partial charge in [-0.15, -0.1) is 6.58 Å². The molecule has 0 spiro atoms. The number of hydrogen-bond acceptors (Lipinski definition) is 3. The summed E-state index contributed by atoms with van der Waals surface area (Å²) in [5, 5.41) is 6.34. The summed E-state index contributed by atoms with van der Waals surface area (Å²) in [7, 11) is 1.64. The Hall–Kier alpha value is -1.88. The van der Waals surface area contributed by atoms with Gasteiger partial charge in [0, 0.05) is 30.7 Å². The molecule has 6 heteroatoms. The van der Waals surface area contributed by atoms with E-state index in [9.17, 15) is 4.79 Å². The van der Waals surface area contributed by atoms with Gasteiger partial charge in [-0.05, 0) is 24.6 Å². The number of hydrogen-bond donors (Lipinski definition) is 2. The molecule has 114 valence electrons. The fourth-order valence-electron chi connectivity index (χ4n) is 2.41. The topological polar surface area (TPSA) is 53.6 Å². The van der Waals surface area contributed by atoms with Crippen molar-refractivity contribution >= 4 is 23.3 Å². The summed E-state index contributed by atoms with van der Waals surface area (Å²) in [4.78, 5) is 13.8. The monoisotopic (exact) mass is 309 g/mol. The minimum Gasteiger partial charge on any atom is -0.495 e. The molecule has 1 fully saturated rings. The number of anilines is 1. The van der Waals surface area contributed by atoms with Gasteiger partial charge in [0.25, 0.3) is 0 Å². The second-order valence-electron chi connectivity index (χ2n) is 4.89. The van der Waals surface area contributed by atoms with Crippen LogP contribution < -0.4 is 20.3 Å². The summed E-state index contributed by atoms with van der Waals surface area (Å²) >= 11 is 6.06. The normalized spacial score (nSPS) is 17.4. The lowest BCUT2D eigenvalue weighted by Gasteiger charge is -2.21. The Labute approximate surface area is 129 Å². The molecule has 0 bridgehead atoms. The largest absolute Gasteiger partial charge is 0.495 e. The molecule has 1 aromatic rings. The van der Waals surface area contributed by atoms with Gasteiger partial charge < -0.3 is 20.3 Å². The second-order valence-corrected chi connectivity index (χ2v) is 5.33. The first kappa shape index (κ1) is 15.5. The van der Waals surface area contributed by atoms with Crippen molar-refractivity contribution < 1.29 is 9.53 Å². The summed E-state index contributed by atoms with van der Waals surface area (Å²) in [5.41, 5.74) is 0.959. The quantitative estimate of drug-likeness (QED) is 0.821. The van der Waals surface area contributed by atoms with Crippen LogP contribution in [-0.2, 0) is 0 Å². The minimum atomic E-state index is -0.167. The van der Waals surface area contributed by atoms with Crippen LogP contribution in [0.3, 0.4) is 0 Å². The smallest absolute Gasteiger partial charge is 0.315 e. The Kier molecular flexibility index (Phi) is 5.33. The summed E-state index contributed by atoms with van der Waals surface area (Å²) < 4.78 is 5.37. The molecular formula is C15H20ClN3O2. The van der Waals surface area contributed by atoms with Gasteiger partial charge in [-0.25, -0.2) is 4.79 Å². The van der Waals surface area contributed by atoms with Crippen LogP contribution in [0, 0.1) is 0 Å². The maximum atomic E-state index is 11.6. The first-order chi connectivity index (χ1) is 10.1. The predicted molar refractivity (Wildman–Crippen MR) is 85.4 cm³/mol. The van der Waals surface area contributed by atoms with E-state index in [0.29, 0.717) is 11.6 Å². The highest BCUT2D eigenvalue weighted by molar-refractivity contribution is 6.30. The van der Waals surface area contributed by atoms with Gasteiger partial charge in [-0.3, -0.25) is 0 Å². The fraction of sp³-hybridized carbons (Fsp3) is 0.400. The number of benzene rings is 1. The van der Waals surface area contributed by atoms with Gasteiger partial charge in [0.1, 0.15) is 5.75 Å². The number of halogens is 1. The number of carbonyl (C=O) groups excluding carboxylic acids is 1. The zero-order valence-corrected chi connectivity index (χ0v) is 12.8. The molecule has 2 rings (SSSR count). The summed E-state index contributed by atoms with van der Waals surface area (Å²) in [6.45, 7) is 5.61. The third kappa shape index (κ3) is 4.04. The zero-order chi connectivity index (χ0) is 15.2. The van der Waals surface area contributed by atoms with Crippen LogP contribution in [0.4, 0.5) is 10.5 Å². The van der Waals surface area contributed by atoms with Crippen molar-refractivity contribution in [2.75, 3.05) is 31.6 Å². The number of urea groups is 1. The number of methoxy groups -OCH3 is 1. The molecule has 2 amide bonds. The Morgan fingerprint density at radius 1 is 1.62 bits per heavy atom. The van der Waals surface area contributed by atoms with E-state index < -0.39 is 0 Å². The molecule has 1 aliphatic rings. The van der Waals surface area contributed by atoms with E-state index in [2.05, 4.69) is 22.1 Å². The maximum Gasteiger partial charge on any atom is 0.315 e. The number of ether oxygens (including phenoxy) is 1. The van der Waals surface area contributed by atoms with Crippen LogP contribution in [0.15, 0.2) is 30.9 Å². The van der Waals surface area contributed by atoms with Gasteiger partial charge in [-0.1, -0.05) is 17.7 Å². The lowest BCUT2D eigenvalue weighted by Crippen LogP contribution is -2.43. The van der Waals surface area contributed by atoms with Gasteiger partial charge in [-0.2, -0.15) is 0 Å². The van der Waals surface area contributed by atoms with E-state index in [0.717, 1.165) is 30.9 Å². The average molecular weight is 310 g/mol. The standard InChI is InChI=1S/C15H20ClN3O2/c1-3-7-17-15(20)18-12-6-8-19(10-12)13-9-11(16)4-5-14(13)21-2/h3-5,9,12H,1,6-8,10H2,2H3,(H2,17,18,20). The maximum absolute atomic E-state index is 11.6. The number of amides is 2. The zero-order valence-electron chi connectivity index (χ0n) is 12.1. The highest BCUT2D eigenvalue weighted by Gasteiger charge is 2.25. The molecule has 5 nitrogen and oxygen atoms in total. The van der Waals surface area contributed by atoms with E-state index in [1.165, 1.54) is 0 Å². The Morgan fingerprint density at radius 3 is 3.14 bits per heavy atom. The van der Waals surface area contributed by atoms with E-state index in [-0.39, 0.29) is 12.1 Å². The summed E-state index contributed by atoms with van der Waals surface area (Å²) in [5.74, 6) is 0.788. The molecule has 1 aliphatic heterocycles.